The van der Waals surface area contributed by atoms with Crippen LogP contribution in [0.2, 0.25) is 0 Å². The predicted octanol–water partition coefficient (Wildman–Crippen LogP) is 2.49. The quantitative estimate of drug-likeness (QED) is 0.843. The van der Waals surface area contributed by atoms with Gasteiger partial charge in [0.1, 0.15) is 5.82 Å². The Morgan fingerprint density at radius 3 is 2.41 bits per heavy atom. The minimum absolute atomic E-state index is 0.211. The van der Waals surface area contributed by atoms with Crippen LogP contribution >= 0.6 is 0 Å². The van der Waals surface area contributed by atoms with Crippen LogP contribution in [-0.4, -0.2) is 62.7 Å². The zero-order chi connectivity index (χ0) is 19.2. The molecule has 1 aromatic heterocycles. The van der Waals surface area contributed by atoms with Gasteiger partial charge in [-0.3, -0.25) is 4.79 Å². The van der Waals surface area contributed by atoms with E-state index in [1.54, 1.807) is 38.6 Å². The average Bonchev–Trinajstić information content (AvgIpc) is 2.73. The van der Waals surface area contributed by atoms with Gasteiger partial charge in [-0.05, 0) is 30.8 Å². The van der Waals surface area contributed by atoms with Gasteiger partial charge in [-0.1, -0.05) is 6.92 Å². The molecular formula is C20H26N4O3. The number of piperazine rings is 1. The molecule has 1 aliphatic rings. The molecule has 1 N–H and O–H groups in total. The van der Waals surface area contributed by atoms with Crippen LogP contribution in [0.25, 0.3) is 0 Å². The first-order valence-corrected chi connectivity index (χ1v) is 9.11. The van der Waals surface area contributed by atoms with Crippen molar-refractivity contribution in [1.29, 1.82) is 0 Å². The third-order valence-electron chi connectivity index (χ3n) is 4.79. The first kappa shape index (κ1) is 19.0. The summed E-state index contributed by atoms with van der Waals surface area (Å²) >= 11 is 0. The average molecular weight is 370 g/mol. The largest absolute Gasteiger partial charge is 0.493 e. The van der Waals surface area contributed by atoms with Crippen molar-refractivity contribution in [2.24, 2.45) is 0 Å². The Labute approximate surface area is 159 Å². The van der Waals surface area contributed by atoms with Crippen molar-refractivity contribution < 1.29 is 14.3 Å². The predicted molar refractivity (Wildman–Crippen MR) is 106 cm³/mol. The molecule has 0 bridgehead atoms. The first-order valence-electron chi connectivity index (χ1n) is 9.11. The molecule has 1 saturated heterocycles. The highest BCUT2D eigenvalue weighted by atomic mass is 16.5. The molecule has 2 aromatic rings. The number of hydrogen-bond acceptors (Lipinski definition) is 6. The van der Waals surface area contributed by atoms with Crippen molar-refractivity contribution in [3.8, 4) is 11.5 Å². The molecule has 0 aliphatic carbocycles. The van der Waals surface area contributed by atoms with E-state index in [2.05, 4.69) is 27.0 Å². The molecule has 2 heterocycles. The molecule has 1 fully saturated rings. The Morgan fingerprint density at radius 2 is 1.81 bits per heavy atom. The third kappa shape index (κ3) is 4.49. The fourth-order valence-electron chi connectivity index (χ4n) is 3.12. The summed E-state index contributed by atoms with van der Waals surface area (Å²) in [7, 11) is 3.14. The highest BCUT2D eigenvalue weighted by Gasteiger charge is 2.17. The summed E-state index contributed by atoms with van der Waals surface area (Å²) in [4.78, 5) is 21.6. The number of hydrogen-bond donors (Lipinski definition) is 1. The van der Waals surface area contributed by atoms with Gasteiger partial charge >= 0.3 is 0 Å². The second-order valence-electron chi connectivity index (χ2n) is 6.35. The summed E-state index contributed by atoms with van der Waals surface area (Å²) in [6, 6.07) is 8.97. The topological polar surface area (TPSA) is 66.9 Å². The molecule has 144 valence electrons. The second-order valence-corrected chi connectivity index (χ2v) is 6.35. The third-order valence-corrected chi connectivity index (χ3v) is 4.79. The lowest BCUT2D eigenvalue weighted by molar-refractivity contribution is 0.102. The molecule has 0 radical (unpaired) electrons. The van der Waals surface area contributed by atoms with E-state index in [0.29, 0.717) is 22.7 Å². The van der Waals surface area contributed by atoms with Crippen molar-refractivity contribution >= 4 is 17.4 Å². The number of carbonyl (C=O) groups excluding carboxylic acids is 1. The van der Waals surface area contributed by atoms with Crippen LogP contribution < -0.4 is 19.7 Å². The monoisotopic (exact) mass is 370 g/mol. The molecule has 0 unspecified atom stereocenters. The lowest BCUT2D eigenvalue weighted by Gasteiger charge is -2.34. The fraction of sp³-hybridized carbons (Fsp3) is 0.400. The van der Waals surface area contributed by atoms with E-state index in [1.807, 2.05) is 12.1 Å². The maximum atomic E-state index is 12.5. The molecule has 1 amide bonds. The number of pyridine rings is 1. The normalized spacial score (nSPS) is 14.7. The number of likely N-dealkylation sites (N-methyl/N-ethyl adjacent to an activating group) is 1. The lowest BCUT2D eigenvalue weighted by atomic mass is 10.2. The molecule has 27 heavy (non-hydrogen) atoms. The van der Waals surface area contributed by atoms with Crippen molar-refractivity contribution in [3.63, 3.8) is 0 Å². The second kappa shape index (κ2) is 8.73. The smallest absolute Gasteiger partial charge is 0.257 e. The van der Waals surface area contributed by atoms with Crippen LogP contribution in [0.1, 0.15) is 17.3 Å². The van der Waals surface area contributed by atoms with Crippen LogP contribution in [0, 0.1) is 0 Å². The summed E-state index contributed by atoms with van der Waals surface area (Å²) in [6.45, 7) is 7.26. The van der Waals surface area contributed by atoms with Crippen molar-refractivity contribution in [2.45, 2.75) is 6.92 Å². The van der Waals surface area contributed by atoms with Gasteiger partial charge in [-0.25, -0.2) is 4.98 Å². The van der Waals surface area contributed by atoms with Crippen LogP contribution in [0.5, 0.6) is 11.5 Å². The molecule has 0 saturated carbocycles. The maximum Gasteiger partial charge on any atom is 0.257 e. The van der Waals surface area contributed by atoms with Gasteiger partial charge in [-0.2, -0.15) is 0 Å². The highest BCUT2D eigenvalue weighted by Crippen LogP contribution is 2.29. The number of nitrogens with one attached hydrogen (secondary N) is 1. The zero-order valence-electron chi connectivity index (χ0n) is 16.1. The van der Waals surface area contributed by atoms with Gasteiger partial charge < -0.3 is 24.6 Å². The van der Waals surface area contributed by atoms with Gasteiger partial charge in [0.25, 0.3) is 5.91 Å². The molecule has 1 aliphatic heterocycles. The van der Waals surface area contributed by atoms with E-state index in [-0.39, 0.29) is 5.91 Å². The fourth-order valence-corrected chi connectivity index (χ4v) is 3.12. The summed E-state index contributed by atoms with van der Waals surface area (Å²) < 4.78 is 10.5. The molecule has 7 heteroatoms. The number of carbonyl (C=O) groups is 1. The van der Waals surface area contributed by atoms with E-state index < -0.39 is 0 Å². The minimum Gasteiger partial charge on any atom is -0.493 e. The minimum atomic E-state index is -0.211. The van der Waals surface area contributed by atoms with E-state index in [1.165, 1.54) is 0 Å². The van der Waals surface area contributed by atoms with Gasteiger partial charge in [0.2, 0.25) is 0 Å². The zero-order valence-corrected chi connectivity index (χ0v) is 16.1. The highest BCUT2D eigenvalue weighted by molar-refractivity contribution is 6.04. The number of ether oxygens (including phenoxy) is 2. The Hall–Kier alpha value is -2.80. The SMILES string of the molecule is CCN1CCN(c2ccc(C(=O)Nc3ccc(OC)c(OC)c3)cn2)CC1. The van der Waals surface area contributed by atoms with E-state index in [4.69, 9.17) is 9.47 Å². The number of anilines is 2. The summed E-state index contributed by atoms with van der Waals surface area (Å²) in [5.74, 6) is 1.88. The Morgan fingerprint density at radius 1 is 1.07 bits per heavy atom. The van der Waals surface area contributed by atoms with E-state index in [9.17, 15) is 4.79 Å². The van der Waals surface area contributed by atoms with Crippen LogP contribution in [-0.2, 0) is 0 Å². The van der Waals surface area contributed by atoms with Crippen molar-refractivity contribution in [1.82, 2.24) is 9.88 Å². The number of rotatable bonds is 6. The van der Waals surface area contributed by atoms with E-state index >= 15 is 0 Å². The number of amides is 1. The van der Waals surface area contributed by atoms with Gasteiger partial charge in [0.05, 0.1) is 19.8 Å². The van der Waals surface area contributed by atoms with Crippen LogP contribution in [0.4, 0.5) is 11.5 Å². The molecular weight excluding hydrogens is 344 g/mol. The Bertz CT molecular complexity index is 771. The number of methoxy groups -OCH3 is 2. The van der Waals surface area contributed by atoms with Crippen molar-refractivity contribution in [3.05, 3.63) is 42.1 Å². The number of benzene rings is 1. The van der Waals surface area contributed by atoms with Crippen molar-refractivity contribution in [2.75, 3.05) is 57.2 Å². The molecule has 0 spiro atoms. The van der Waals surface area contributed by atoms with Crippen LogP contribution in [0.3, 0.4) is 0 Å². The Balaban J connectivity index is 1.64. The maximum absolute atomic E-state index is 12.5. The molecule has 1 aromatic carbocycles. The summed E-state index contributed by atoms with van der Waals surface area (Å²) in [5, 5.41) is 2.86. The molecule has 3 rings (SSSR count). The van der Waals surface area contributed by atoms with Gasteiger partial charge in [0, 0.05) is 44.1 Å². The number of nitrogens with zero attached hydrogens (tertiary/aromatic N) is 3. The summed E-state index contributed by atoms with van der Waals surface area (Å²) in [6.07, 6.45) is 1.62. The molecule has 7 nitrogen and oxygen atoms in total. The lowest BCUT2D eigenvalue weighted by Crippen LogP contribution is -2.46. The first-order chi connectivity index (χ1) is 13.1. The standard InChI is InChI=1S/C20H26N4O3/c1-4-23-9-11-24(12-10-23)19-8-5-15(14-21-19)20(25)22-16-6-7-17(26-2)18(13-16)27-3/h5-8,13-14H,4,9-12H2,1-3H3,(H,22,25). The van der Waals surface area contributed by atoms with Gasteiger partial charge in [-0.15, -0.1) is 0 Å². The number of aromatic nitrogens is 1. The van der Waals surface area contributed by atoms with Gasteiger partial charge in [0.15, 0.2) is 11.5 Å². The molecule has 0 atom stereocenters. The Kier molecular flexibility index (Phi) is 6.13. The van der Waals surface area contributed by atoms with E-state index in [0.717, 1.165) is 38.5 Å². The summed E-state index contributed by atoms with van der Waals surface area (Å²) in [5.41, 5.74) is 1.15. The van der Waals surface area contributed by atoms with Crippen LogP contribution in [0.15, 0.2) is 36.5 Å².